The number of carbonyl (C=O) groups is 1. The molecule has 0 aliphatic carbocycles. The summed E-state index contributed by atoms with van der Waals surface area (Å²) in [5, 5.41) is 4.39. The van der Waals surface area contributed by atoms with E-state index in [-0.39, 0.29) is 0 Å². The van der Waals surface area contributed by atoms with Gasteiger partial charge in [0.05, 0.1) is 11.3 Å². The molecule has 4 heteroatoms. The summed E-state index contributed by atoms with van der Waals surface area (Å²) in [5.41, 5.74) is 1.84. The lowest BCUT2D eigenvalue weighted by Gasteiger charge is -2.02. The van der Waals surface area contributed by atoms with Crippen molar-refractivity contribution in [2.24, 2.45) is 0 Å². The van der Waals surface area contributed by atoms with Gasteiger partial charge in [0.2, 0.25) is 0 Å². The second-order valence-corrected chi connectivity index (χ2v) is 4.02. The van der Waals surface area contributed by atoms with Gasteiger partial charge in [-0.05, 0) is 32.9 Å². The second-order valence-electron chi connectivity index (χ2n) is 4.02. The van der Waals surface area contributed by atoms with Gasteiger partial charge in [-0.3, -0.25) is 9.48 Å². The summed E-state index contributed by atoms with van der Waals surface area (Å²) in [5.74, 6) is 1.03. The molecule has 0 fully saturated rings. The Kier molecular flexibility index (Phi) is 2.64. The largest absolute Gasteiger partial charge is 0.453 e. The highest BCUT2D eigenvalue weighted by molar-refractivity contribution is 5.73. The van der Waals surface area contributed by atoms with Gasteiger partial charge in [-0.1, -0.05) is 0 Å². The predicted molar refractivity (Wildman–Crippen MR) is 60.4 cm³/mol. The average molecular weight is 218 g/mol. The Bertz CT molecular complexity index is 509. The molecule has 2 rings (SSSR count). The Labute approximate surface area is 93.9 Å². The summed E-state index contributed by atoms with van der Waals surface area (Å²) in [6.07, 6.45) is 2.64. The number of rotatable bonds is 3. The van der Waals surface area contributed by atoms with Crippen LogP contribution in [0.2, 0.25) is 0 Å². The molecule has 16 heavy (non-hydrogen) atoms. The molecule has 2 aromatic heterocycles. The lowest BCUT2D eigenvalue weighted by atomic mass is 10.2. The van der Waals surface area contributed by atoms with Crippen LogP contribution in [0.5, 0.6) is 0 Å². The van der Waals surface area contributed by atoms with Gasteiger partial charge in [0.1, 0.15) is 5.76 Å². The third kappa shape index (κ3) is 1.78. The third-order valence-electron chi connectivity index (χ3n) is 2.45. The van der Waals surface area contributed by atoms with E-state index >= 15 is 0 Å². The summed E-state index contributed by atoms with van der Waals surface area (Å²) in [4.78, 5) is 10.5. The smallest absolute Gasteiger partial charge is 0.185 e. The fraction of sp³-hybridized carbons (Fsp3) is 0.333. The van der Waals surface area contributed by atoms with Crippen molar-refractivity contribution in [3.63, 3.8) is 0 Å². The molecule has 2 heterocycles. The van der Waals surface area contributed by atoms with Gasteiger partial charge in [0, 0.05) is 12.2 Å². The molecule has 0 atom stereocenters. The Morgan fingerprint density at radius 2 is 2.19 bits per heavy atom. The van der Waals surface area contributed by atoms with Gasteiger partial charge >= 0.3 is 0 Å². The maximum atomic E-state index is 10.5. The first kappa shape index (κ1) is 10.7. The van der Waals surface area contributed by atoms with Crippen molar-refractivity contribution in [1.29, 1.82) is 0 Å². The van der Waals surface area contributed by atoms with Crippen molar-refractivity contribution < 1.29 is 9.21 Å². The van der Waals surface area contributed by atoms with E-state index in [1.807, 2.05) is 17.8 Å². The van der Waals surface area contributed by atoms with Crippen LogP contribution in [0.15, 0.2) is 22.7 Å². The molecule has 0 aliphatic heterocycles. The van der Waals surface area contributed by atoms with E-state index in [1.165, 1.54) is 0 Å². The average Bonchev–Trinajstić information content (AvgIpc) is 2.83. The zero-order chi connectivity index (χ0) is 11.7. The summed E-state index contributed by atoms with van der Waals surface area (Å²) < 4.78 is 7.25. The van der Waals surface area contributed by atoms with Gasteiger partial charge in [-0.25, -0.2) is 0 Å². The van der Waals surface area contributed by atoms with Crippen LogP contribution in [-0.4, -0.2) is 16.1 Å². The van der Waals surface area contributed by atoms with Gasteiger partial charge < -0.3 is 4.42 Å². The maximum Gasteiger partial charge on any atom is 0.185 e. The standard InChI is InChI=1S/C12H14N2O2/c1-8(2)14-6-11(9(3)13-14)12-5-4-10(7-15)16-12/h4-8H,1-3H3. The van der Waals surface area contributed by atoms with Crippen LogP contribution in [0.1, 0.15) is 36.1 Å². The van der Waals surface area contributed by atoms with Crippen LogP contribution in [0.4, 0.5) is 0 Å². The number of aromatic nitrogens is 2. The van der Waals surface area contributed by atoms with Gasteiger partial charge in [-0.2, -0.15) is 5.10 Å². The topological polar surface area (TPSA) is 48.0 Å². The summed E-state index contributed by atoms with van der Waals surface area (Å²) >= 11 is 0. The molecule has 0 saturated carbocycles. The highest BCUT2D eigenvalue weighted by Crippen LogP contribution is 2.25. The van der Waals surface area contributed by atoms with Crippen molar-refractivity contribution in [3.05, 3.63) is 29.8 Å². The maximum absolute atomic E-state index is 10.5. The molecule has 0 saturated heterocycles. The molecular formula is C12H14N2O2. The molecule has 0 unspecified atom stereocenters. The van der Waals surface area contributed by atoms with E-state index in [0.29, 0.717) is 23.8 Å². The summed E-state index contributed by atoms with van der Waals surface area (Å²) in [6, 6.07) is 3.76. The monoisotopic (exact) mass is 218 g/mol. The molecule has 2 aromatic rings. The summed E-state index contributed by atoms with van der Waals surface area (Å²) in [6.45, 7) is 6.06. The number of aryl methyl sites for hydroxylation is 1. The summed E-state index contributed by atoms with van der Waals surface area (Å²) in [7, 11) is 0. The highest BCUT2D eigenvalue weighted by Gasteiger charge is 2.12. The van der Waals surface area contributed by atoms with Gasteiger partial charge in [0.25, 0.3) is 0 Å². The molecule has 4 nitrogen and oxygen atoms in total. The lowest BCUT2D eigenvalue weighted by Crippen LogP contribution is -2.00. The van der Waals surface area contributed by atoms with E-state index in [2.05, 4.69) is 18.9 Å². The van der Waals surface area contributed by atoms with Crippen LogP contribution in [-0.2, 0) is 0 Å². The molecular weight excluding hydrogens is 204 g/mol. The first-order valence-electron chi connectivity index (χ1n) is 5.23. The number of hydrogen-bond acceptors (Lipinski definition) is 3. The van der Waals surface area contributed by atoms with E-state index in [4.69, 9.17) is 4.42 Å². The van der Waals surface area contributed by atoms with E-state index in [1.54, 1.807) is 12.1 Å². The fourth-order valence-electron chi connectivity index (χ4n) is 1.55. The molecule has 0 bridgehead atoms. The van der Waals surface area contributed by atoms with Crippen LogP contribution in [0.3, 0.4) is 0 Å². The highest BCUT2D eigenvalue weighted by atomic mass is 16.3. The molecule has 0 N–H and O–H groups in total. The lowest BCUT2D eigenvalue weighted by molar-refractivity contribution is 0.110. The van der Waals surface area contributed by atoms with Crippen molar-refractivity contribution in [2.75, 3.05) is 0 Å². The van der Waals surface area contributed by atoms with E-state index in [0.717, 1.165) is 11.3 Å². The van der Waals surface area contributed by atoms with Crippen LogP contribution >= 0.6 is 0 Å². The number of aldehydes is 1. The van der Waals surface area contributed by atoms with E-state index < -0.39 is 0 Å². The number of hydrogen-bond donors (Lipinski definition) is 0. The Morgan fingerprint density at radius 3 is 2.69 bits per heavy atom. The molecule has 0 radical (unpaired) electrons. The Morgan fingerprint density at radius 1 is 1.44 bits per heavy atom. The number of carbonyl (C=O) groups excluding carboxylic acids is 1. The van der Waals surface area contributed by atoms with E-state index in [9.17, 15) is 4.79 Å². The molecule has 0 spiro atoms. The quantitative estimate of drug-likeness (QED) is 0.744. The number of nitrogens with zero attached hydrogens (tertiary/aromatic N) is 2. The zero-order valence-corrected chi connectivity index (χ0v) is 9.60. The minimum atomic E-state index is 0.313. The van der Waals surface area contributed by atoms with Crippen LogP contribution < -0.4 is 0 Å². The minimum Gasteiger partial charge on any atom is -0.453 e. The van der Waals surface area contributed by atoms with Crippen molar-refractivity contribution in [3.8, 4) is 11.3 Å². The molecule has 0 amide bonds. The minimum absolute atomic E-state index is 0.313. The Hall–Kier alpha value is -1.84. The van der Waals surface area contributed by atoms with Gasteiger partial charge in [0.15, 0.2) is 12.0 Å². The van der Waals surface area contributed by atoms with Crippen molar-refractivity contribution in [2.45, 2.75) is 26.8 Å². The van der Waals surface area contributed by atoms with Crippen LogP contribution in [0.25, 0.3) is 11.3 Å². The Balaban J connectivity index is 2.43. The van der Waals surface area contributed by atoms with Crippen LogP contribution in [0, 0.1) is 6.92 Å². The van der Waals surface area contributed by atoms with Gasteiger partial charge in [-0.15, -0.1) is 0 Å². The van der Waals surface area contributed by atoms with Crippen molar-refractivity contribution >= 4 is 6.29 Å². The molecule has 0 aliphatic rings. The first-order chi connectivity index (χ1) is 7.61. The van der Waals surface area contributed by atoms with Crippen molar-refractivity contribution in [1.82, 2.24) is 9.78 Å². The first-order valence-corrected chi connectivity index (χ1v) is 5.23. The normalized spacial score (nSPS) is 11.0. The molecule has 0 aromatic carbocycles. The fourth-order valence-corrected chi connectivity index (χ4v) is 1.55. The number of furan rings is 1. The third-order valence-corrected chi connectivity index (χ3v) is 2.45. The molecule has 84 valence electrons. The SMILES string of the molecule is Cc1nn(C(C)C)cc1-c1ccc(C=O)o1. The predicted octanol–water partition coefficient (Wildman–Crippen LogP) is 2.84. The zero-order valence-electron chi connectivity index (χ0n) is 9.60. The second kappa shape index (κ2) is 3.96.